The van der Waals surface area contributed by atoms with Crippen molar-refractivity contribution in [3.63, 3.8) is 0 Å². The highest BCUT2D eigenvalue weighted by Crippen LogP contribution is 2.36. The Hall–Kier alpha value is -4.19. The second kappa shape index (κ2) is 8.28. The zero-order valence-electron chi connectivity index (χ0n) is 16.6. The number of furan rings is 1. The molecule has 0 saturated carbocycles. The number of nitrogens with one attached hydrogen (secondary N) is 1. The molecule has 3 aromatic carbocycles. The Kier molecular flexibility index (Phi) is 5.37. The summed E-state index contributed by atoms with van der Waals surface area (Å²) in [4.78, 5) is 23.5. The van der Waals surface area contributed by atoms with Gasteiger partial charge < -0.3 is 14.8 Å². The molecule has 0 spiro atoms. The average molecular weight is 415 g/mol. The zero-order chi connectivity index (χ0) is 22.0. The lowest BCUT2D eigenvalue weighted by atomic mass is 9.99. The first-order valence-electron chi connectivity index (χ1n) is 9.52. The van der Waals surface area contributed by atoms with Crippen LogP contribution < -0.4 is 5.32 Å². The molecule has 0 fully saturated rings. The van der Waals surface area contributed by atoms with Gasteiger partial charge in [-0.05, 0) is 65.2 Å². The molecule has 5 nitrogen and oxygen atoms in total. The van der Waals surface area contributed by atoms with Gasteiger partial charge in [0.05, 0.1) is 5.56 Å². The van der Waals surface area contributed by atoms with Gasteiger partial charge in [-0.15, -0.1) is 0 Å². The lowest BCUT2D eigenvalue weighted by Gasteiger charge is -2.05. The summed E-state index contributed by atoms with van der Waals surface area (Å²) in [7, 11) is 1.54. The lowest BCUT2D eigenvalue weighted by Crippen LogP contribution is -2.18. The molecule has 0 aliphatic heterocycles. The number of carboxylic acids is 1. The molecular weight excluding hydrogens is 397 g/mol. The minimum Gasteiger partial charge on any atom is -0.478 e. The summed E-state index contributed by atoms with van der Waals surface area (Å²) in [5.74, 6) is -1.34. The molecule has 0 radical (unpaired) electrons. The fourth-order valence-electron chi connectivity index (χ4n) is 3.42. The molecule has 0 atom stereocenters. The number of carbonyl (C=O) groups is 2. The number of rotatable bonds is 5. The van der Waals surface area contributed by atoms with Gasteiger partial charge in [-0.3, -0.25) is 4.79 Å². The van der Waals surface area contributed by atoms with Gasteiger partial charge in [0.25, 0.3) is 5.91 Å². The van der Waals surface area contributed by atoms with Crippen LogP contribution in [0, 0.1) is 5.82 Å². The van der Waals surface area contributed by atoms with Crippen LogP contribution in [-0.2, 0) is 4.79 Å². The van der Waals surface area contributed by atoms with E-state index in [0.29, 0.717) is 27.9 Å². The highest BCUT2D eigenvalue weighted by molar-refractivity contribution is 6.11. The standard InChI is InChI=1S/C25H18FNO4/c1-27-25(30)23-20-14-18(17-4-2-3-15(13-17)5-12-22(28)29)8-11-21(20)31-24(23)16-6-9-19(26)10-7-16/h2-14H,1H3,(H,27,30)(H,28,29). The number of hydrogen-bond acceptors (Lipinski definition) is 3. The molecule has 6 heteroatoms. The van der Waals surface area contributed by atoms with E-state index >= 15 is 0 Å². The van der Waals surface area contributed by atoms with Crippen LogP contribution in [0.4, 0.5) is 4.39 Å². The van der Waals surface area contributed by atoms with Gasteiger partial charge in [0.1, 0.15) is 17.2 Å². The van der Waals surface area contributed by atoms with Crippen molar-refractivity contribution < 1.29 is 23.5 Å². The predicted octanol–water partition coefficient (Wildman–Crippen LogP) is 5.36. The van der Waals surface area contributed by atoms with Gasteiger partial charge in [-0.2, -0.15) is 0 Å². The second-order valence-electron chi connectivity index (χ2n) is 6.90. The first-order chi connectivity index (χ1) is 15.0. The molecule has 1 amide bonds. The third-order valence-corrected chi connectivity index (χ3v) is 4.89. The van der Waals surface area contributed by atoms with Gasteiger partial charge in [0, 0.05) is 24.1 Å². The normalized spacial score (nSPS) is 11.2. The molecule has 0 saturated heterocycles. The molecule has 4 rings (SSSR count). The Morgan fingerprint density at radius 2 is 1.68 bits per heavy atom. The molecule has 0 bridgehead atoms. The van der Waals surface area contributed by atoms with Gasteiger partial charge in [0.15, 0.2) is 0 Å². The van der Waals surface area contributed by atoms with Crippen molar-refractivity contribution in [2.75, 3.05) is 7.05 Å². The van der Waals surface area contributed by atoms with E-state index in [9.17, 15) is 14.0 Å². The molecule has 31 heavy (non-hydrogen) atoms. The van der Waals surface area contributed by atoms with Crippen molar-refractivity contribution in [3.05, 3.63) is 89.8 Å². The molecule has 0 aliphatic rings. The maximum atomic E-state index is 13.4. The molecule has 0 unspecified atom stereocenters. The molecule has 1 aromatic heterocycles. The maximum absolute atomic E-state index is 13.4. The second-order valence-corrected chi connectivity index (χ2v) is 6.90. The highest BCUT2D eigenvalue weighted by atomic mass is 19.1. The van der Waals surface area contributed by atoms with Gasteiger partial charge in [-0.25, -0.2) is 9.18 Å². The number of amides is 1. The minimum absolute atomic E-state index is 0.312. The molecule has 2 N–H and O–H groups in total. The summed E-state index contributed by atoms with van der Waals surface area (Å²) in [5, 5.41) is 12.1. The van der Waals surface area contributed by atoms with E-state index < -0.39 is 5.97 Å². The van der Waals surface area contributed by atoms with Gasteiger partial charge >= 0.3 is 5.97 Å². The summed E-state index contributed by atoms with van der Waals surface area (Å²) in [6, 6.07) is 18.7. The Morgan fingerprint density at radius 3 is 2.39 bits per heavy atom. The van der Waals surface area contributed by atoms with Crippen molar-refractivity contribution in [3.8, 4) is 22.5 Å². The predicted molar refractivity (Wildman–Crippen MR) is 117 cm³/mol. The summed E-state index contributed by atoms with van der Waals surface area (Å²) < 4.78 is 19.3. The van der Waals surface area contributed by atoms with Crippen LogP contribution in [0.15, 0.2) is 77.2 Å². The number of aliphatic carboxylic acids is 1. The van der Waals surface area contributed by atoms with E-state index in [-0.39, 0.29) is 11.7 Å². The molecule has 4 aromatic rings. The van der Waals surface area contributed by atoms with E-state index in [1.54, 1.807) is 18.2 Å². The van der Waals surface area contributed by atoms with E-state index in [2.05, 4.69) is 5.32 Å². The maximum Gasteiger partial charge on any atom is 0.328 e. The Bertz CT molecular complexity index is 1320. The van der Waals surface area contributed by atoms with Gasteiger partial charge in [-0.1, -0.05) is 24.3 Å². The minimum atomic E-state index is -1.02. The third-order valence-electron chi connectivity index (χ3n) is 4.89. The van der Waals surface area contributed by atoms with Crippen LogP contribution in [0.2, 0.25) is 0 Å². The monoisotopic (exact) mass is 415 g/mol. The van der Waals surface area contributed by atoms with Crippen LogP contribution in [0.5, 0.6) is 0 Å². The van der Waals surface area contributed by atoms with Crippen LogP contribution in [0.25, 0.3) is 39.5 Å². The van der Waals surface area contributed by atoms with Crippen LogP contribution >= 0.6 is 0 Å². The van der Waals surface area contributed by atoms with Crippen molar-refractivity contribution >= 4 is 28.9 Å². The van der Waals surface area contributed by atoms with Crippen LogP contribution in [0.1, 0.15) is 15.9 Å². The topological polar surface area (TPSA) is 79.5 Å². The average Bonchev–Trinajstić information content (AvgIpc) is 3.16. The van der Waals surface area contributed by atoms with E-state index in [4.69, 9.17) is 9.52 Å². The molecule has 0 aliphatic carbocycles. The Labute approximate surface area is 177 Å². The van der Waals surface area contributed by atoms with E-state index in [1.165, 1.54) is 25.3 Å². The smallest absolute Gasteiger partial charge is 0.328 e. The zero-order valence-corrected chi connectivity index (χ0v) is 16.6. The largest absolute Gasteiger partial charge is 0.478 e. The summed E-state index contributed by atoms with van der Waals surface area (Å²) in [5.41, 5.74) is 3.94. The Balaban J connectivity index is 1.86. The Morgan fingerprint density at radius 1 is 0.968 bits per heavy atom. The summed E-state index contributed by atoms with van der Waals surface area (Å²) >= 11 is 0. The number of benzene rings is 3. The van der Waals surface area contributed by atoms with E-state index in [0.717, 1.165) is 22.8 Å². The van der Waals surface area contributed by atoms with Crippen molar-refractivity contribution in [1.82, 2.24) is 5.32 Å². The lowest BCUT2D eigenvalue weighted by molar-refractivity contribution is -0.131. The molecule has 1 heterocycles. The number of carboxylic acid groups (broad SMARTS) is 1. The highest BCUT2D eigenvalue weighted by Gasteiger charge is 2.22. The fourth-order valence-corrected chi connectivity index (χ4v) is 3.42. The van der Waals surface area contributed by atoms with Crippen LogP contribution in [-0.4, -0.2) is 24.0 Å². The first-order valence-corrected chi connectivity index (χ1v) is 9.52. The SMILES string of the molecule is CNC(=O)c1c(-c2ccc(F)cc2)oc2ccc(-c3cccc(C=CC(=O)O)c3)cc12. The number of halogens is 1. The first kappa shape index (κ1) is 20.1. The quantitative estimate of drug-likeness (QED) is 0.430. The molecular formula is C25H18FNO4. The molecule has 154 valence electrons. The fraction of sp³-hybridized carbons (Fsp3) is 0.0400. The third kappa shape index (κ3) is 4.09. The van der Waals surface area contributed by atoms with E-state index in [1.807, 2.05) is 36.4 Å². The van der Waals surface area contributed by atoms with Gasteiger partial charge in [0.2, 0.25) is 0 Å². The van der Waals surface area contributed by atoms with Crippen molar-refractivity contribution in [2.24, 2.45) is 0 Å². The number of carbonyl (C=O) groups excluding carboxylic acids is 1. The summed E-state index contributed by atoms with van der Waals surface area (Å²) in [6.45, 7) is 0. The van der Waals surface area contributed by atoms with Crippen molar-refractivity contribution in [1.29, 1.82) is 0 Å². The number of fused-ring (bicyclic) bond motifs is 1. The van der Waals surface area contributed by atoms with Crippen LogP contribution in [0.3, 0.4) is 0 Å². The number of hydrogen-bond donors (Lipinski definition) is 2. The summed E-state index contributed by atoms with van der Waals surface area (Å²) in [6.07, 6.45) is 2.60. The van der Waals surface area contributed by atoms with Crippen molar-refractivity contribution in [2.45, 2.75) is 0 Å².